The molecule has 0 atom stereocenters. The number of nitrogens with zero attached hydrogens (tertiary/aromatic N) is 1. The average Bonchev–Trinajstić information content (AvgIpc) is 2.39. The van der Waals surface area contributed by atoms with Gasteiger partial charge in [0.25, 0.3) is 0 Å². The lowest BCUT2D eigenvalue weighted by molar-refractivity contribution is 0.338. The van der Waals surface area contributed by atoms with Gasteiger partial charge in [0, 0.05) is 18.8 Å². The summed E-state index contributed by atoms with van der Waals surface area (Å²) in [6, 6.07) is 9.13. The summed E-state index contributed by atoms with van der Waals surface area (Å²) in [6.07, 6.45) is 5.28. The highest BCUT2D eigenvalue weighted by Gasteiger charge is 2.19. The van der Waals surface area contributed by atoms with Crippen LogP contribution in [-0.4, -0.2) is 13.1 Å². The summed E-state index contributed by atoms with van der Waals surface area (Å²) in [4.78, 5) is 2.55. The van der Waals surface area contributed by atoms with Gasteiger partial charge in [-0.05, 0) is 55.2 Å². The molecule has 1 aromatic carbocycles. The summed E-state index contributed by atoms with van der Waals surface area (Å²) in [7, 11) is 0. The highest BCUT2D eigenvalue weighted by molar-refractivity contribution is 5.47. The van der Waals surface area contributed by atoms with E-state index in [0.29, 0.717) is 0 Å². The highest BCUT2D eigenvalue weighted by atomic mass is 15.1. The fourth-order valence-electron chi connectivity index (χ4n) is 3.04. The third-order valence-corrected chi connectivity index (χ3v) is 4.13. The van der Waals surface area contributed by atoms with Gasteiger partial charge >= 0.3 is 0 Å². The van der Waals surface area contributed by atoms with Crippen molar-refractivity contribution in [2.24, 2.45) is 11.8 Å². The first kappa shape index (κ1) is 13.5. The molecule has 1 aromatic rings. The molecule has 1 saturated heterocycles. The van der Waals surface area contributed by atoms with Gasteiger partial charge in [-0.1, -0.05) is 32.9 Å². The normalized spacial score (nSPS) is 17.4. The summed E-state index contributed by atoms with van der Waals surface area (Å²) in [5.41, 5.74) is 2.85. The summed E-state index contributed by atoms with van der Waals surface area (Å²) in [5.74, 6) is 1.81. The monoisotopic (exact) mass is 245 g/mol. The van der Waals surface area contributed by atoms with Crippen molar-refractivity contribution >= 4 is 5.69 Å². The molecular weight excluding hydrogens is 218 g/mol. The van der Waals surface area contributed by atoms with Crippen LogP contribution < -0.4 is 4.90 Å². The number of hydrogen-bond acceptors (Lipinski definition) is 1. The van der Waals surface area contributed by atoms with Gasteiger partial charge in [0.15, 0.2) is 0 Å². The van der Waals surface area contributed by atoms with Crippen molar-refractivity contribution in [3.8, 4) is 0 Å². The lowest BCUT2D eigenvalue weighted by Crippen LogP contribution is -2.34. The predicted molar refractivity (Wildman–Crippen MR) is 80.2 cm³/mol. The van der Waals surface area contributed by atoms with E-state index < -0.39 is 0 Å². The first-order chi connectivity index (χ1) is 8.69. The predicted octanol–water partition coefficient (Wildman–Crippen LogP) is 4.51. The third kappa shape index (κ3) is 3.51. The van der Waals surface area contributed by atoms with Crippen LogP contribution in [0.25, 0.3) is 0 Å². The van der Waals surface area contributed by atoms with Gasteiger partial charge in [0.05, 0.1) is 0 Å². The molecule has 100 valence electrons. The van der Waals surface area contributed by atoms with E-state index in [9.17, 15) is 0 Å². The zero-order valence-electron chi connectivity index (χ0n) is 12.2. The molecule has 0 amide bonds. The van der Waals surface area contributed by atoms with Crippen LogP contribution in [0.3, 0.4) is 0 Å². The minimum Gasteiger partial charge on any atom is -0.372 e. The minimum atomic E-state index is 0.852. The summed E-state index contributed by atoms with van der Waals surface area (Å²) >= 11 is 0. The fraction of sp³-hybridized carbons (Fsp3) is 0.647. The number of benzene rings is 1. The molecule has 1 aliphatic heterocycles. The Kier molecular flexibility index (Phi) is 4.68. The van der Waals surface area contributed by atoms with E-state index in [1.807, 2.05) is 0 Å². The lowest BCUT2D eigenvalue weighted by atomic mass is 9.88. The Balaban J connectivity index is 1.88. The smallest absolute Gasteiger partial charge is 0.0366 e. The van der Waals surface area contributed by atoms with Crippen molar-refractivity contribution in [1.82, 2.24) is 0 Å². The zero-order chi connectivity index (χ0) is 13.0. The van der Waals surface area contributed by atoms with Crippen LogP contribution in [0.4, 0.5) is 5.69 Å². The number of aryl methyl sites for hydroxylation is 1. The SMILES string of the molecule is CCc1ccc(N2CCC(CC(C)C)CC2)cc1. The molecule has 1 fully saturated rings. The Morgan fingerprint density at radius 3 is 2.22 bits per heavy atom. The molecule has 1 nitrogen and oxygen atoms in total. The molecule has 0 saturated carbocycles. The van der Waals surface area contributed by atoms with E-state index in [4.69, 9.17) is 0 Å². The Morgan fingerprint density at radius 2 is 1.72 bits per heavy atom. The van der Waals surface area contributed by atoms with Crippen LogP contribution in [0, 0.1) is 11.8 Å². The Labute approximate surface area is 112 Å². The lowest BCUT2D eigenvalue weighted by Gasteiger charge is -2.34. The van der Waals surface area contributed by atoms with Crippen molar-refractivity contribution in [2.45, 2.75) is 46.5 Å². The molecule has 0 radical (unpaired) electrons. The molecule has 1 heteroatoms. The van der Waals surface area contributed by atoms with Crippen molar-refractivity contribution in [3.05, 3.63) is 29.8 Å². The van der Waals surface area contributed by atoms with Gasteiger partial charge < -0.3 is 4.90 Å². The molecule has 0 bridgehead atoms. The van der Waals surface area contributed by atoms with Crippen LogP contribution >= 0.6 is 0 Å². The van der Waals surface area contributed by atoms with Crippen molar-refractivity contribution < 1.29 is 0 Å². The molecule has 0 N–H and O–H groups in total. The Morgan fingerprint density at radius 1 is 1.11 bits per heavy atom. The van der Waals surface area contributed by atoms with E-state index in [-0.39, 0.29) is 0 Å². The molecule has 0 spiro atoms. The number of piperidine rings is 1. The van der Waals surface area contributed by atoms with Crippen molar-refractivity contribution in [1.29, 1.82) is 0 Å². The first-order valence-electron chi connectivity index (χ1n) is 7.53. The van der Waals surface area contributed by atoms with Crippen molar-refractivity contribution in [2.75, 3.05) is 18.0 Å². The largest absolute Gasteiger partial charge is 0.372 e. The Hall–Kier alpha value is -0.980. The van der Waals surface area contributed by atoms with Crippen LogP contribution in [0.1, 0.15) is 45.6 Å². The second-order valence-electron chi connectivity index (χ2n) is 6.08. The molecule has 1 aliphatic rings. The van der Waals surface area contributed by atoms with E-state index in [1.54, 1.807) is 0 Å². The van der Waals surface area contributed by atoms with Crippen LogP contribution in [-0.2, 0) is 6.42 Å². The molecule has 0 aromatic heterocycles. The number of rotatable bonds is 4. The van der Waals surface area contributed by atoms with Gasteiger partial charge in [0.2, 0.25) is 0 Å². The summed E-state index contributed by atoms with van der Waals surface area (Å²) < 4.78 is 0. The maximum atomic E-state index is 2.55. The average molecular weight is 245 g/mol. The van der Waals surface area contributed by atoms with E-state index in [0.717, 1.165) is 18.3 Å². The second-order valence-corrected chi connectivity index (χ2v) is 6.08. The van der Waals surface area contributed by atoms with E-state index in [2.05, 4.69) is 49.9 Å². The minimum absolute atomic E-state index is 0.852. The molecular formula is C17H27N. The topological polar surface area (TPSA) is 3.24 Å². The first-order valence-corrected chi connectivity index (χ1v) is 7.53. The molecule has 2 rings (SSSR count). The maximum absolute atomic E-state index is 2.55. The van der Waals surface area contributed by atoms with Gasteiger partial charge in [-0.3, -0.25) is 0 Å². The summed E-state index contributed by atoms with van der Waals surface area (Å²) in [5, 5.41) is 0. The summed E-state index contributed by atoms with van der Waals surface area (Å²) in [6.45, 7) is 9.38. The van der Waals surface area contributed by atoms with E-state index in [1.165, 1.54) is 43.6 Å². The zero-order valence-corrected chi connectivity index (χ0v) is 12.2. The molecule has 18 heavy (non-hydrogen) atoms. The second kappa shape index (κ2) is 6.26. The van der Waals surface area contributed by atoms with E-state index >= 15 is 0 Å². The highest BCUT2D eigenvalue weighted by Crippen LogP contribution is 2.27. The third-order valence-electron chi connectivity index (χ3n) is 4.13. The standard InChI is InChI=1S/C17H27N/c1-4-15-5-7-17(8-6-15)18-11-9-16(10-12-18)13-14(2)3/h5-8,14,16H,4,9-13H2,1-3H3. The fourth-order valence-corrected chi connectivity index (χ4v) is 3.04. The van der Waals surface area contributed by atoms with Crippen LogP contribution in [0.5, 0.6) is 0 Å². The van der Waals surface area contributed by atoms with Gasteiger partial charge in [0.1, 0.15) is 0 Å². The number of anilines is 1. The van der Waals surface area contributed by atoms with Crippen molar-refractivity contribution in [3.63, 3.8) is 0 Å². The van der Waals surface area contributed by atoms with Crippen LogP contribution in [0.15, 0.2) is 24.3 Å². The maximum Gasteiger partial charge on any atom is 0.0366 e. The van der Waals surface area contributed by atoms with Gasteiger partial charge in [-0.15, -0.1) is 0 Å². The van der Waals surface area contributed by atoms with Gasteiger partial charge in [-0.25, -0.2) is 0 Å². The molecule has 0 aliphatic carbocycles. The number of hydrogen-bond donors (Lipinski definition) is 0. The molecule has 0 unspecified atom stereocenters. The molecule has 1 heterocycles. The Bertz CT molecular complexity index is 344. The van der Waals surface area contributed by atoms with Gasteiger partial charge in [-0.2, -0.15) is 0 Å². The quantitative estimate of drug-likeness (QED) is 0.754. The van der Waals surface area contributed by atoms with Crippen LogP contribution in [0.2, 0.25) is 0 Å².